The summed E-state index contributed by atoms with van der Waals surface area (Å²) in [7, 11) is 0. The molecule has 1 aliphatic carbocycles. The molecule has 0 saturated carbocycles. The SMILES string of the molecule is CCCn1c(C2CC=CCC2C(=O)O)nc2ccccc21. The number of nitrogens with zero attached hydrogens (tertiary/aromatic N) is 2. The fourth-order valence-corrected chi connectivity index (χ4v) is 3.21. The summed E-state index contributed by atoms with van der Waals surface area (Å²) < 4.78 is 2.20. The number of aromatic nitrogens is 2. The van der Waals surface area contributed by atoms with Crippen LogP contribution in [0.15, 0.2) is 36.4 Å². The molecule has 1 aliphatic rings. The van der Waals surface area contributed by atoms with Crippen molar-refractivity contribution in [2.75, 3.05) is 0 Å². The monoisotopic (exact) mass is 284 g/mol. The predicted octanol–water partition coefficient (Wildman–Crippen LogP) is 3.58. The highest BCUT2D eigenvalue weighted by Gasteiger charge is 2.33. The number of imidazole rings is 1. The Morgan fingerprint density at radius 2 is 2.10 bits per heavy atom. The van der Waals surface area contributed by atoms with E-state index in [2.05, 4.69) is 23.6 Å². The highest BCUT2D eigenvalue weighted by molar-refractivity contribution is 5.77. The molecule has 110 valence electrons. The molecule has 1 aromatic carbocycles. The van der Waals surface area contributed by atoms with Gasteiger partial charge in [-0.05, 0) is 31.4 Å². The molecule has 0 saturated heterocycles. The van der Waals surface area contributed by atoms with E-state index in [0.717, 1.165) is 36.2 Å². The lowest BCUT2D eigenvalue weighted by molar-refractivity contribution is -0.142. The summed E-state index contributed by atoms with van der Waals surface area (Å²) in [4.78, 5) is 16.3. The molecular formula is C17H20N2O2. The fourth-order valence-electron chi connectivity index (χ4n) is 3.21. The number of para-hydroxylation sites is 2. The number of allylic oxidation sites excluding steroid dienone is 2. The van der Waals surface area contributed by atoms with Gasteiger partial charge in [-0.25, -0.2) is 4.98 Å². The first-order chi connectivity index (χ1) is 10.2. The molecule has 3 rings (SSSR count). The van der Waals surface area contributed by atoms with Gasteiger partial charge in [-0.1, -0.05) is 31.2 Å². The molecule has 0 fully saturated rings. The number of hydrogen-bond donors (Lipinski definition) is 1. The molecule has 1 aromatic heterocycles. The Labute approximate surface area is 124 Å². The van der Waals surface area contributed by atoms with Crippen molar-refractivity contribution in [3.63, 3.8) is 0 Å². The number of carboxylic acid groups (broad SMARTS) is 1. The summed E-state index contributed by atoms with van der Waals surface area (Å²) in [6.07, 6.45) is 6.41. The number of rotatable bonds is 4. The summed E-state index contributed by atoms with van der Waals surface area (Å²) in [5.74, 6) is -0.205. The number of aryl methyl sites for hydroxylation is 1. The van der Waals surface area contributed by atoms with Crippen LogP contribution in [0.25, 0.3) is 11.0 Å². The van der Waals surface area contributed by atoms with Gasteiger partial charge in [-0.2, -0.15) is 0 Å². The molecule has 0 amide bonds. The Kier molecular flexibility index (Phi) is 3.78. The van der Waals surface area contributed by atoms with Crippen molar-refractivity contribution >= 4 is 17.0 Å². The molecule has 0 radical (unpaired) electrons. The van der Waals surface area contributed by atoms with Crippen molar-refractivity contribution in [1.82, 2.24) is 9.55 Å². The van der Waals surface area contributed by atoms with Crippen molar-refractivity contribution in [2.24, 2.45) is 5.92 Å². The maximum absolute atomic E-state index is 11.6. The molecule has 1 N–H and O–H groups in total. The van der Waals surface area contributed by atoms with E-state index in [1.165, 1.54) is 0 Å². The minimum Gasteiger partial charge on any atom is -0.481 e. The standard InChI is InChI=1S/C17H20N2O2/c1-2-11-19-15-10-6-5-9-14(15)18-16(19)12-7-3-4-8-13(12)17(20)21/h3-6,9-10,12-13H,2,7-8,11H2,1H3,(H,20,21). The van der Waals surface area contributed by atoms with Crippen LogP contribution in [0.1, 0.15) is 37.9 Å². The van der Waals surface area contributed by atoms with Gasteiger partial charge in [0.2, 0.25) is 0 Å². The molecule has 2 aromatic rings. The van der Waals surface area contributed by atoms with Crippen LogP contribution in [-0.2, 0) is 11.3 Å². The first kappa shape index (κ1) is 13.9. The smallest absolute Gasteiger partial charge is 0.307 e. The molecule has 21 heavy (non-hydrogen) atoms. The van der Waals surface area contributed by atoms with Crippen molar-refractivity contribution in [2.45, 2.75) is 38.6 Å². The van der Waals surface area contributed by atoms with E-state index in [1.807, 2.05) is 24.3 Å². The van der Waals surface area contributed by atoms with Gasteiger partial charge in [-0.3, -0.25) is 4.79 Å². The van der Waals surface area contributed by atoms with Gasteiger partial charge in [0.15, 0.2) is 0 Å². The van der Waals surface area contributed by atoms with Gasteiger partial charge in [0.25, 0.3) is 0 Å². The van der Waals surface area contributed by atoms with E-state index >= 15 is 0 Å². The van der Waals surface area contributed by atoms with E-state index in [4.69, 9.17) is 4.98 Å². The van der Waals surface area contributed by atoms with Gasteiger partial charge in [0, 0.05) is 12.5 Å². The second-order valence-electron chi connectivity index (χ2n) is 5.60. The van der Waals surface area contributed by atoms with E-state index < -0.39 is 5.97 Å². The average molecular weight is 284 g/mol. The Bertz CT molecular complexity index is 687. The Balaban J connectivity index is 2.11. The van der Waals surface area contributed by atoms with Crippen LogP contribution in [-0.4, -0.2) is 20.6 Å². The molecule has 2 atom stereocenters. The van der Waals surface area contributed by atoms with Gasteiger partial charge in [0.05, 0.1) is 17.0 Å². The topological polar surface area (TPSA) is 55.1 Å². The van der Waals surface area contributed by atoms with E-state index in [9.17, 15) is 9.90 Å². The van der Waals surface area contributed by atoms with Crippen LogP contribution in [0.4, 0.5) is 0 Å². The number of carboxylic acids is 1. The molecule has 1 heterocycles. The lowest BCUT2D eigenvalue weighted by Gasteiger charge is -2.25. The van der Waals surface area contributed by atoms with Gasteiger partial charge >= 0.3 is 5.97 Å². The summed E-state index contributed by atoms with van der Waals surface area (Å²) in [6.45, 7) is 3.01. The summed E-state index contributed by atoms with van der Waals surface area (Å²) >= 11 is 0. The second-order valence-corrected chi connectivity index (χ2v) is 5.60. The Morgan fingerprint density at radius 1 is 1.33 bits per heavy atom. The molecular weight excluding hydrogens is 264 g/mol. The molecule has 0 bridgehead atoms. The first-order valence-corrected chi connectivity index (χ1v) is 7.55. The van der Waals surface area contributed by atoms with Gasteiger partial charge in [0.1, 0.15) is 5.82 Å². The lowest BCUT2D eigenvalue weighted by atomic mass is 9.82. The van der Waals surface area contributed by atoms with E-state index in [0.29, 0.717) is 6.42 Å². The number of fused-ring (bicyclic) bond motifs is 1. The first-order valence-electron chi connectivity index (χ1n) is 7.55. The van der Waals surface area contributed by atoms with E-state index in [1.54, 1.807) is 0 Å². The second kappa shape index (κ2) is 5.72. The van der Waals surface area contributed by atoms with Crippen molar-refractivity contribution < 1.29 is 9.90 Å². The van der Waals surface area contributed by atoms with Crippen LogP contribution in [0, 0.1) is 5.92 Å². The van der Waals surface area contributed by atoms with Crippen LogP contribution in [0.5, 0.6) is 0 Å². The lowest BCUT2D eigenvalue weighted by Crippen LogP contribution is -2.26. The van der Waals surface area contributed by atoms with Crippen LogP contribution in [0.3, 0.4) is 0 Å². The van der Waals surface area contributed by atoms with E-state index in [-0.39, 0.29) is 11.8 Å². The average Bonchev–Trinajstić information content (AvgIpc) is 2.86. The molecule has 0 spiro atoms. The van der Waals surface area contributed by atoms with Crippen LogP contribution in [0.2, 0.25) is 0 Å². The summed E-state index contributed by atoms with van der Waals surface area (Å²) in [6, 6.07) is 8.05. The number of aliphatic carboxylic acids is 1. The van der Waals surface area contributed by atoms with Crippen molar-refractivity contribution in [1.29, 1.82) is 0 Å². The third-order valence-electron chi connectivity index (χ3n) is 4.21. The van der Waals surface area contributed by atoms with Gasteiger partial charge < -0.3 is 9.67 Å². The van der Waals surface area contributed by atoms with Crippen molar-refractivity contribution in [3.8, 4) is 0 Å². The van der Waals surface area contributed by atoms with Crippen LogP contribution >= 0.6 is 0 Å². The minimum atomic E-state index is -0.723. The normalized spacial score (nSPS) is 21.8. The molecule has 0 aliphatic heterocycles. The van der Waals surface area contributed by atoms with Crippen molar-refractivity contribution in [3.05, 3.63) is 42.2 Å². The number of benzene rings is 1. The third-order valence-corrected chi connectivity index (χ3v) is 4.21. The molecule has 4 heteroatoms. The summed E-state index contributed by atoms with van der Waals surface area (Å²) in [5, 5.41) is 9.49. The maximum Gasteiger partial charge on any atom is 0.307 e. The fraction of sp³-hybridized carbons (Fsp3) is 0.412. The predicted molar refractivity (Wildman–Crippen MR) is 82.3 cm³/mol. The highest BCUT2D eigenvalue weighted by Crippen LogP contribution is 2.36. The van der Waals surface area contributed by atoms with Crippen LogP contribution < -0.4 is 0 Å². The number of hydrogen-bond acceptors (Lipinski definition) is 2. The summed E-state index contributed by atoms with van der Waals surface area (Å²) in [5.41, 5.74) is 2.06. The zero-order valence-electron chi connectivity index (χ0n) is 12.2. The molecule has 4 nitrogen and oxygen atoms in total. The van der Waals surface area contributed by atoms with Gasteiger partial charge in [-0.15, -0.1) is 0 Å². The zero-order chi connectivity index (χ0) is 14.8. The largest absolute Gasteiger partial charge is 0.481 e. The maximum atomic E-state index is 11.6. The minimum absolute atomic E-state index is 0.0357. The highest BCUT2D eigenvalue weighted by atomic mass is 16.4. The molecule has 2 unspecified atom stereocenters. The number of carbonyl (C=O) groups is 1. The third kappa shape index (κ3) is 2.46. The Morgan fingerprint density at radius 3 is 2.86 bits per heavy atom. The quantitative estimate of drug-likeness (QED) is 0.873. The Hall–Kier alpha value is -2.10. The zero-order valence-corrected chi connectivity index (χ0v) is 12.2.